The summed E-state index contributed by atoms with van der Waals surface area (Å²) in [5, 5.41) is 10.2. The molecule has 1 unspecified atom stereocenters. The zero-order valence-corrected chi connectivity index (χ0v) is 13.9. The summed E-state index contributed by atoms with van der Waals surface area (Å²) in [6.07, 6.45) is -0.565. The van der Waals surface area contributed by atoms with Crippen LogP contribution in [0.3, 0.4) is 0 Å². The van der Waals surface area contributed by atoms with Crippen molar-refractivity contribution >= 4 is 31.9 Å². The normalized spacial score (nSPS) is 12.2. The molecule has 0 amide bonds. The number of hydrogen-bond acceptors (Lipinski definition) is 2. The van der Waals surface area contributed by atoms with E-state index in [0.29, 0.717) is 16.9 Å². The Bertz CT molecular complexity index is 617. The minimum Gasteiger partial charge on any atom is -0.496 e. The largest absolute Gasteiger partial charge is 0.496 e. The summed E-state index contributed by atoms with van der Waals surface area (Å²) in [6.45, 7) is 0. The Kier molecular flexibility index (Phi) is 5.18. The maximum absolute atomic E-state index is 13.7. The van der Waals surface area contributed by atoms with Gasteiger partial charge in [-0.1, -0.05) is 22.0 Å². The predicted octanol–water partition coefficient (Wildman–Crippen LogP) is 4.64. The first-order valence-electron chi connectivity index (χ1n) is 5.96. The van der Waals surface area contributed by atoms with Gasteiger partial charge in [0.2, 0.25) is 0 Å². The van der Waals surface area contributed by atoms with E-state index in [1.54, 1.807) is 37.4 Å². The van der Waals surface area contributed by atoms with E-state index in [1.807, 2.05) is 0 Å². The molecule has 0 aliphatic heterocycles. The number of benzene rings is 2. The minimum absolute atomic E-state index is 0.212. The monoisotopic (exact) mass is 402 g/mol. The second kappa shape index (κ2) is 6.70. The summed E-state index contributed by atoms with van der Waals surface area (Å²) < 4.78 is 20.4. The van der Waals surface area contributed by atoms with E-state index in [-0.39, 0.29) is 12.2 Å². The fraction of sp³-hybridized carbons (Fsp3) is 0.200. The van der Waals surface area contributed by atoms with Gasteiger partial charge in [-0.2, -0.15) is 0 Å². The zero-order chi connectivity index (χ0) is 14.7. The molecule has 0 spiro atoms. The van der Waals surface area contributed by atoms with Crippen molar-refractivity contribution in [2.24, 2.45) is 0 Å². The Balaban J connectivity index is 2.21. The lowest BCUT2D eigenvalue weighted by molar-refractivity contribution is 0.177. The molecule has 0 aliphatic carbocycles. The highest BCUT2D eigenvalue weighted by Crippen LogP contribution is 2.30. The average Bonchev–Trinajstić information content (AvgIpc) is 2.42. The molecule has 1 atom stereocenters. The molecule has 0 saturated heterocycles. The molecule has 1 N–H and O–H groups in total. The molecule has 0 fully saturated rings. The standard InChI is InChI=1S/C15H13Br2FO2/c1-20-15-5-2-9(7-12(15)17)14(19)8-10-6-11(16)3-4-13(10)18/h2-7,14,19H,8H2,1H3. The zero-order valence-electron chi connectivity index (χ0n) is 10.7. The second-order valence-corrected chi connectivity index (χ2v) is 6.12. The molecule has 0 aliphatic rings. The predicted molar refractivity (Wildman–Crippen MR) is 83.5 cm³/mol. The van der Waals surface area contributed by atoms with E-state index in [4.69, 9.17) is 4.74 Å². The van der Waals surface area contributed by atoms with Gasteiger partial charge in [-0.15, -0.1) is 0 Å². The highest BCUT2D eigenvalue weighted by atomic mass is 79.9. The fourth-order valence-electron chi connectivity index (χ4n) is 1.92. The van der Waals surface area contributed by atoms with Crippen LogP contribution in [0, 0.1) is 5.82 Å². The molecule has 2 nitrogen and oxygen atoms in total. The molecular weight excluding hydrogens is 391 g/mol. The van der Waals surface area contributed by atoms with E-state index in [0.717, 1.165) is 8.95 Å². The first kappa shape index (κ1) is 15.5. The van der Waals surface area contributed by atoms with Crippen molar-refractivity contribution in [2.75, 3.05) is 7.11 Å². The molecule has 2 aromatic rings. The molecule has 0 heterocycles. The summed E-state index contributed by atoms with van der Waals surface area (Å²) in [4.78, 5) is 0. The van der Waals surface area contributed by atoms with Crippen LogP contribution in [0.25, 0.3) is 0 Å². The van der Waals surface area contributed by atoms with Crippen molar-refractivity contribution in [3.63, 3.8) is 0 Å². The van der Waals surface area contributed by atoms with Gasteiger partial charge in [-0.3, -0.25) is 0 Å². The molecule has 106 valence electrons. The van der Waals surface area contributed by atoms with E-state index in [1.165, 1.54) is 6.07 Å². The maximum Gasteiger partial charge on any atom is 0.133 e. The number of methoxy groups -OCH3 is 1. The second-order valence-electron chi connectivity index (χ2n) is 4.35. The van der Waals surface area contributed by atoms with Crippen LogP contribution < -0.4 is 4.74 Å². The topological polar surface area (TPSA) is 29.5 Å². The quantitative estimate of drug-likeness (QED) is 0.805. The lowest BCUT2D eigenvalue weighted by Crippen LogP contribution is -2.04. The van der Waals surface area contributed by atoms with E-state index < -0.39 is 6.10 Å². The van der Waals surface area contributed by atoms with Gasteiger partial charge in [0.15, 0.2) is 0 Å². The first-order chi connectivity index (χ1) is 9.51. The number of rotatable bonds is 4. The lowest BCUT2D eigenvalue weighted by atomic mass is 10.0. The van der Waals surface area contributed by atoms with Crippen LogP contribution in [-0.2, 0) is 6.42 Å². The van der Waals surface area contributed by atoms with Gasteiger partial charge in [-0.05, 0) is 57.4 Å². The minimum atomic E-state index is -0.777. The van der Waals surface area contributed by atoms with E-state index in [2.05, 4.69) is 31.9 Å². The number of aliphatic hydroxyl groups excluding tert-OH is 1. The van der Waals surface area contributed by atoms with Crippen LogP contribution in [0.2, 0.25) is 0 Å². The Morgan fingerprint density at radius 2 is 1.95 bits per heavy atom. The van der Waals surface area contributed by atoms with Crippen molar-refractivity contribution in [1.82, 2.24) is 0 Å². The highest BCUT2D eigenvalue weighted by Gasteiger charge is 2.13. The Morgan fingerprint density at radius 1 is 1.20 bits per heavy atom. The smallest absolute Gasteiger partial charge is 0.133 e. The molecule has 2 rings (SSSR count). The molecule has 0 bridgehead atoms. The van der Waals surface area contributed by atoms with E-state index >= 15 is 0 Å². The third kappa shape index (κ3) is 3.59. The maximum atomic E-state index is 13.7. The summed E-state index contributed by atoms with van der Waals surface area (Å²) >= 11 is 6.67. The fourth-order valence-corrected chi connectivity index (χ4v) is 2.88. The van der Waals surface area contributed by atoms with Crippen molar-refractivity contribution in [1.29, 1.82) is 0 Å². The third-order valence-corrected chi connectivity index (χ3v) is 4.09. The van der Waals surface area contributed by atoms with Gasteiger partial charge in [-0.25, -0.2) is 4.39 Å². The van der Waals surface area contributed by atoms with Gasteiger partial charge in [0.05, 0.1) is 17.7 Å². The summed E-state index contributed by atoms with van der Waals surface area (Å²) in [5.74, 6) is 0.370. The van der Waals surface area contributed by atoms with Gasteiger partial charge in [0.25, 0.3) is 0 Å². The Morgan fingerprint density at radius 3 is 2.60 bits per heavy atom. The van der Waals surface area contributed by atoms with Crippen molar-refractivity contribution < 1.29 is 14.2 Å². The summed E-state index contributed by atoms with van der Waals surface area (Å²) in [6, 6.07) is 10.0. The van der Waals surface area contributed by atoms with Crippen molar-refractivity contribution in [3.8, 4) is 5.75 Å². The van der Waals surface area contributed by atoms with Crippen LogP contribution in [-0.4, -0.2) is 12.2 Å². The van der Waals surface area contributed by atoms with Crippen LogP contribution >= 0.6 is 31.9 Å². The molecular formula is C15H13Br2FO2. The Labute approximate surface area is 133 Å². The molecule has 0 saturated carbocycles. The first-order valence-corrected chi connectivity index (χ1v) is 7.55. The summed E-state index contributed by atoms with van der Waals surface area (Å²) in [5.41, 5.74) is 1.18. The molecule has 20 heavy (non-hydrogen) atoms. The van der Waals surface area contributed by atoms with Crippen molar-refractivity contribution in [3.05, 3.63) is 62.3 Å². The van der Waals surface area contributed by atoms with E-state index in [9.17, 15) is 9.50 Å². The number of ether oxygens (including phenoxy) is 1. The number of aliphatic hydroxyl groups is 1. The molecule has 0 radical (unpaired) electrons. The van der Waals surface area contributed by atoms with Crippen LogP contribution in [0.1, 0.15) is 17.2 Å². The number of hydrogen-bond donors (Lipinski definition) is 1. The summed E-state index contributed by atoms with van der Waals surface area (Å²) in [7, 11) is 1.58. The average molecular weight is 404 g/mol. The third-order valence-electron chi connectivity index (χ3n) is 2.98. The van der Waals surface area contributed by atoms with Crippen molar-refractivity contribution in [2.45, 2.75) is 12.5 Å². The number of halogens is 3. The van der Waals surface area contributed by atoms with Gasteiger partial charge in [0.1, 0.15) is 11.6 Å². The van der Waals surface area contributed by atoms with Crippen LogP contribution in [0.4, 0.5) is 4.39 Å². The Hall–Kier alpha value is -0.910. The van der Waals surface area contributed by atoms with Gasteiger partial charge in [0, 0.05) is 10.9 Å². The molecule has 0 aromatic heterocycles. The van der Waals surface area contributed by atoms with Gasteiger partial charge >= 0.3 is 0 Å². The SMILES string of the molecule is COc1ccc(C(O)Cc2cc(Br)ccc2F)cc1Br. The molecule has 2 aromatic carbocycles. The lowest BCUT2D eigenvalue weighted by Gasteiger charge is -2.13. The highest BCUT2D eigenvalue weighted by molar-refractivity contribution is 9.10. The van der Waals surface area contributed by atoms with Gasteiger partial charge < -0.3 is 9.84 Å². The van der Waals surface area contributed by atoms with Crippen LogP contribution in [0.5, 0.6) is 5.75 Å². The molecule has 5 heteroatoms. The van der Waals surface area contributed by atoms with Crippen LogP contribution in [0.15, 0.2) is 45.3 Å².